The Morgan fingerprint density at radius 3 is 1.70 bits per heavy atom. The Morgan fingerprint density at radius 1 is 0.515 bits per heavy atom. The molecule has 0 N–H and O–H groups in total. The molecule has 0 saturated carbocycles. The molecule has 0 saturated heterocycles. The van der Waals surface area contributed by atoms with Gasteiger partial charge in [0, 0.05) is 10.4 Å². The van der Waals surface area contributed by atoms with E-state index in [0.29, 0.717) is 0 Å². The Hall–Kier alpha value is -3.82. The molecular formula is C30H26O2Si. The van der Waals surface area contributed by atoms with E-state index < -0.39 is 8.56 Å². The fraction of sp³-hybridized carbons (Fsp3) is 0.0667. The van der Waals surface area contributed by atoms with Crippen molar-refractivity contribution < 1.29 is 8.85 Å². The maximum absolute atomic E-state index is 7.02. The minimum absolute atomic E-state index is 0.811. The number of fused-ring (bicyclic) bond motifs is 1. The lowest BCUT2D eigenvalue weighted by molar-refractivity contribution is 0.417. The van der Waals surface area contributed by atoms with Crippen LogP contribution in [0.3, 0.4) is 0 Å². The maximum atomic E-state index is 7.02. The highest BCUT2D eigenvalue weighted by Gasteiger charge is 2.48. The van der Waals surface area contributed by atoms with Gasteiger partial charge in [-0.05, 0) is 60.0 Å². The summed E-state index contributed by atoms with van der Waals surface area (Å²) in [6.07, 6.45) is 0. The Labute approximate surface area is 196 Å². The van der Waals surface area contributed by atoms with Gasteiger partial charge in [-0.2, -0.15) is 0 Å². The third-order valence-electron chi connectivity index (χ3n) is 5.80. The Kier molecular flexibility index (Phi) is 5.72. The second-order valence-corrected chi connectivity index (χ2v) is 11.1. The van der Waals surface area contributed by atoms with Crippen molar-refractivity contribution in [2.24, 2.45) is 0 Å². The highest BCUT2D eigenvalue weighted by molar-refractivity contribution is 6.95. The molecule has 0 unspecified atom stereocenters. The molecular weight excluding hydrogens is 420 g/mol. The van der Waals surface area contributed by atoms with E-state index in [1.54, 1.807) is 0 Å². The molecule has 5 aromatic carbocycles. The molecule has 162 valence electrons. The molecule has 5 rings (SSSR count). The molecule has 0 aliphatic heterocycles. The van der Waals surface area contributed by atoms with Crippen LogP contribution in [-0.2, 0) is 0 Å². The second kappa shape index (κ2) is 8.97. The quantitative estimate of drug-likeness (QED) is 0.290. The van der Waals surface area contributed by atoms with E-state index in [9.17, 15) is 0 Å². The molecule has 0 aromatic heterocycles. The van der Waals surface area contributed by atoms with Gasteiger partial charge in [-0.3, -0.25) is 0 Å². The molecule has 0 aliphatic carbocycles. The molecule has 0 bridgehead atoms. The zero-order valence-electron chi connectivity index (χ0n) is 18.9. The van der Waals surface area contributed by atoms with Gasteiger partial charge in [-0.25, -0.2) is 0 Å². The average Bonchev–Trinajstić information content (AvgIpc) is 2.84. The summed E-state index contributed by atoms with van der Waals surface area (Å²) >= 11 is 0. The van der Waals surface area contributed by atoms with Crippen molar-refractivity contribution in [2.45, 2.75) is 13.8 Å². The predicted molar refractivity (Wildman–Crippen MR) is 139 cm³/mol. The van der Waals surface area contributed by atoms with Gasteiger partial charge in [0.25, 0.3) is 0 Å². The highest BCUT2D eigenvalue weighted by atomic mass is 28.4. The van der Waals surface area contributed by atoms with E-state index in [1.165, 1.54) is 5.39 Å². The summed E-state index contributed by atoms with van der Waals surface area (Å²) < 4.78 is 14.0. The van der Waals surface area contributed by atoms with Crippen molar-refractivity contribution in [1.82, 2.24) is 0 Å². The fourth-order valence-corrected chi connectivity index (χ4v) is 7.52. The van der Waals surface area contributed by atoms with Gasteiger partial charge in [-0.1, -0.05) is 97.1 Å². The minimum atomic E-state index is -3.24. The van der Waals surface area contributed by atoms with E-state index in [1.807, 2.05) is 30.3 Å². The maximum Gasteiger partial charge on any atom is 0.531 e. The molecule has 0 heterocycles. The molecule has 0 amide bonds. The first-order valence-electron chi connectivity index (χ1n) is 11.2. The van der Waals surface area contributed by atoms with E-state index in [2.05, 4.69) is 105 Å². The fourth-order valence-electron chi connectivity index (χ4n) is 4.26. The van der Waals surface area contributed by atoms with Gasteiger partial charge in [0.05, 0.1) is 0 Å². The molecule has 5 aromatic rings. The Balaban J connectivity index is 1.81. The summed E-state index contributed by atoms with van der Waals surface area (Å²) in [6, 6.07) is 41.7. The van der Waals surface area contributed by atoms with Crippen LogP contribution < -0.4 is 19.2 Å². The standard InChI is InChI=1S/C30H26O2Si/c1-23-11-8-15-26(21-23)31-33(28-17-4-3-5-18-28,32-27-16-9-12-24(2)22-27)30-20-10-14-25-13-6-7-19-29(25)30/h3-22H,1-2H3. The number of benzene rings is 5. The molecule has 0 aliphatic rings. The van der Waals surface area contributed by atoms with Gasteiger partial charge in [0.15, 0.2) is 0 Å². The van der Waals surface area contributed by atoms with Crippen LogP contribution in [0.2, 0.25) is 0 Å². The molecule has 0 spiro atoms. The lowest BCUT2D eigenvalue weighted by Crippen LogP contribution is -2.68. The average molecular weight is 447 g/mol. The molecule has 3 heteroatoms. The smallest absolute Gasteiger partial charge is 0.506 e. The molecule has 0 atom stereocenters. The van der Waals surface area contributed by atoms with Crippen LogP contribution >= 0.6 is 0 Å². The molecule has 2 nitrogen and oxygen atoms in total. The van der Waals surface area contributed by atoms with Crippen LogP contribution in [0, 0.1) is 13.8 Å². The monoisotopic (exact) mass is 446 g/mol. The lowest BCUT2D eigenvalue weighted by atomic mass is 10.1. The van der Waals surface area contributed by atoms with Crippen molar-refractivity contribution >= 4 is 29.7 Å². The number of hydrogen-bond acceptors (Lipinski definition) is 2. The Bertz CT molecular complexity index is 1340. The van der Waals surface area contributed by atoms with E-state index >= 15 is 0 Å². The Morgan fingerprint density at radius 2 is 1.06 bits per heavy atom. The van der Waals surface area contributed by atoms with Crippen LogP contribution in [0.5, 0.6) is 11.5 Å². The van der Waals surface area contributed by atoms with Crippen LogP contribution in [-0.4, -0.2) is 8.56 Å². The van der Waals surface area contributed by atoms with Crippen molar-refractivity contribution in [3.8, 4) is 11.5 Å². The van der Waals surface area contributed by atoms with E-state index in [0.717, 1.165) is 38.4 Å². The van der Waals surface area contributed by atoms with Crippen LogP contribution in [0.4, 0.5) is 0 Å². The number of hydrogen-bond donors (Lipinski definition) is 0. The predicted octanol–water partition coefficient (Wildman–Crippen LogP) is 6.17. The third kappa shape index (κ3) is 4.28. The first kappa shape index (κ1) is 21.0. The summed E-state index contributed by atoms with van der Waals surface area (Å²) in [6.45, 7) is 4.16. The van der Waals surface area contributed by atoms with Gasteiger partial charge in [0.2, 0.25) is 0 Å². The highest BCUT2D eigenvalue weighted by Crippen LogP contribution is 2.25. The summed E-state index contributed by atoms with van der Waals surface area (Å²) in [5.74, 6) is 1.62. The van der Waals surface area contributed by atoms with Crippen LogP contribution in [0.15, 0.2) is 121 Å². The molecule has 0 fully saturated rings. The minimum Gasteiger partial charge on any atom is -0.506 e. The number of aryl methyl sites for hydroxylation is 2. The lowest BCUT2D eigenvalue weighted by Gasteiger charge is -2.33. The normalized spacial score (nSPS) is 11.3. The van der Waals surface area contributed by atoms with Crippen molar-refractivity contribution in [3.05, 3.63) is 132 Å². The zero-order valence-corrected chi connectivity index (χ0v) is 19.9. The first-order valence-corrected chi connectivity index (χ1v) is 13.0. The van der Waals surface area contributed by atoms with Crippen LogP contribution in [0.25, 0.3) is 10.8 Å². The van der Waals surface area contributed by atoms with E-state index in [4.69, 9.17) is 8.85 Å². The SMILES string of the molecule is Cc1cccc(O[Si](Oc2cccc(C)c2)(c2ccccc2)c2cccc3ccccc23)c1. The molecule has 33 heavy (non-hydrogen) atoms. The van der Waals surface area contributed by atoms with E-state index in [-0.39, 0.29) is 0 Å². The summed E-state index contributed by atoms with van der Waals surface area (Å²) in [4.78, 5) is 0. The molecule has 0 radical (unpaired) electrons. The largest absolute Gasteiger partial charge is 0.531 e. The topological polar surface area (TPSA) is 18.5 Å². The van der Waals surface area contributed by atoms with Gasteiger partial charge < -0.3 is 8.85 Å². The summed E-state index contributed by atoms with van der Waals surface area (Å²) in [7, 11) is -3.24. The van der Waals surface area contributed by atoms with Gasteiger partial charge in [-0.15, -0.1) is 0 Å². The van der Waals surface area contributed by atoms with Crippen molar-refractivity contribution in [1.29, 1.82) is 0 Å². The summed E-state index contributed by atoms with van der Waals surface area (Å²) in [5, 5.41) is 4.47. The van der Waals surface area contributed by atoms with Gasteiger partial charge >= 0.3 is 8.56 Å². The number of rotatable bonds is 6. The summed E-state index contributed by atoms with van der Waals surface area (Å²) in [5.41, 5.74) is 2.30. The zero-order chi connectivity index (χ0) is 22.7. The second-order valence-electron chi connectivity index (χ2n) is 8.35. The van der Waals surface area contributed by atoms with Crippen molar-refractivity contribution in [3.63, 3.8) is 0 Å². The third-order valence-corrected chi connectivity index (χ3v) is 9.09. The van der Waals surface area contributed by atoms with Crippen molar-refractivity contribution in [2.75, 3.05) is 0 Å². The van der Waals surface area contributed by atoms with Gasteiger partial charge in [0.1, 0.15) is 11.5 Å². The first-order chi connectivity index (χ1) is 16.1. The van der Waals surface area contributed by atoms with Crippen LogP contribution in [0.1, 0.15) is 11.1 Å².